The van der Waals surface area contributed by atoms with Crippen molar-refractivity contribution in [2.45, 2.75) is 12.6 Å². The average Bonchev–Trinajstić information content (AvgIpc) is 2.63. The Morgan fingerprint density at radius 1 is 1.24 bits per heavy atom. The lowest BCUT2D eigenvalue weighted by Gasteiger charge is -2.05. The third-order valence-electron chi connectivity index (χ3n) is 2.33. The predicted octanol–water partition coefficient (Wildman–Crippen LogP) is 1.21. The summed E-state index contributed by atoms with van der Waals surface area (Å²) >= 11 is 0. The molecule has 1 aliphatic heterocycles. The van der Waals surface area contributed by atoms with Gasteiger partial charge < -0.3 is 5.11 Å². The highest BCUT2D eigenvalue weighted by atomic mass is 19.4. The fourth-order valence-electron chi connectivity index (χ4n) is 1.48. The number of benzene rings is 1. The van der Waals surface area contributed by atoms with E-state index >= 15 is 0 Å². The molecule has 0 bridgehead atoms. The summed E-state index contributed by atoms with van der Waals surface area (Å²) in [5, 5.41) is 14.5. The third kappa shape index (κ3) is 2.83. The van der Waals surface area contributed by atoms with Crippen molar-refractivity contribution in [3.05, 3.63) is 35.4 Å². The van der Waals surface area contributed by atoms with Gasteiger partial charge in [0.05, 0.1) is 5.56 Å². The van der Waals surface area contributed by atoms with E-state index in [4.69, 9.17) is 0 Å². The van der Waals surface area contributed by atoms with Gasteiger partial charge in [-0.1, -0.05) is 4.68 Å². The van der Waals surface area contributed by atoms with Crippen molar-refractivity contribution in [1.82, 2.24) is 0 Å². The molecule has 0 spiro atoms. The van der Waals surface area contributed by atoms with Crippen LogP contribution < -0.4 is 5.11 Å². The highest BCUT2D eigenvalue weighted by Gasteiger charge is 2.30. The van der Waals surface area contributed by atoms with Crippen molar-refractivity contribution in [1.29, 1.82) is 0 Å². The van der Waals surface area contributed by atoms with Gasteiger partial charge >= 0.3 is 6.18 Å². The van der Waals surface area contributed by atoms with Gasteiger partial charge in [0.25, 0.3) is 0 Å². The highest BCUT2D eigenvalue weighted by Crippen LogP contribution is 2.28. The van der Waals surface area contributed by atoms with E-state index in [9.17, 15) is 18.3 Å². The van der Waals surface area contributed by atoms with Crippen LogP contribution in [0.2, 0.25) is 0 Å². The Morgan fingerprint density at radius 2 is 1.88 bits per heavy atom. The van der Waals surface area contributed by atoms with Crippen molar-refractivity contribution < 1.29 is 23.0 Å². The van der Waals surface area contributed by atoms with E-state index in [1.807, 2.05) is 0 Å². The summed E-state index contributed by atoms with van der Waals surface area (Å²) in [4.78, 5) is 0. The Morgan fingerprint density at radius 3 is 2.35 bits per heavy atom. The maximum Gasteiger partial charge on any atom is 0.416 e. The largest absolute Gasteiger partial charge is 0.857 e. The molecule has 0 saturated carbocycles. The fourth-order valence-corrected chi connectivity index (χ4v) is 1.48. The second-order valence-corrected chi connectivity index (χ2v) is 3.66. The van der Waals surface area contributed by atoms with Crippen molar-refractivity contribution in [2.24, 2.45) is 5.10 Å². The molecule has 1 aromatic carbocycles. The van der Waals surface area contributed by atoms with Crippen LogP contribution in [0, 0.1) is 0 Å². The van der Waals surface area contributed by atoms with E-state index in [-0.39, 0.29) is 5.90 Å². The molecular formula is C11H9F3N2O. The summed E-state index contributed by atoms with van der Waals surface area (Å²) < 4.78 is 38.3. The zero-order valence-corrected chi connectivity index (χ0v) is 8.74. The monoisotopic (exact) mass is 242 g/mol. The molecule has 0 saturated heterocycles. The predicted molar refractivity (Wildman–Crippen MR) is 53.8 cm³/mol. The van der Waals surface area contributed by atoms with E-state index in [2.05, 4.69) is 5.10 Å². The molecule has 0 radical (unpaired) electrons. The summed E-state index contributed by atoms with van der Waals surface area (Å²) in [7, 11) is 0. The summed E-state index contributed by atoms with van der Waals surface area (Å²) in [5.74, 6) is -0.215. The maximum atomic E-state index is 12.3. The molecule has 2 rings (SSSR count). The molecule has 6 heteroatoms. The molecule has 0 amide bonds. The van der Waals surface area contributed by atoms with E-state index in [0.717, 1.165) is 12.1 Å². The first kappa shape index (κ1) is 11.6. The maximum absolute atomic E-state index is 12.3. The molecule has 0 N–H and O–H groups in total. The number of rotatable bonds is 1. The Labute approximate surface area is 95.5 Å². The molecule has 0 aromatic heterocycles. The van der Waals surface area contributed by atoms with Gasteiger partial charge in [-0.3, -0.25) is 0 Å². The first-order valence-electron chi connectivity index (χ1n) is 4.98. The lowest BCUT2D eigenvalue weighted by molar-refractivity contribution is -0.519. The zero-order valence-electron chi connectivity index (χ0n) is 8.74. The lowest BCUT2D eigenvalue weighted by atomic mass is 10.1. The molecular weight excluding hydrogens is 233 g/mol. The third-order valence-corrected chi connectivity index (χ3v) is 2.33. The van der Waals surface area contributed by atoms with Crippen LogP contribution in [0.5, 0.6) is 0 Å². The average molecular weight is 242 g/mol. The number of hydrogen-bond donors (Lipinski definition) is 0. The van der Waals surface area contributed by atoms with Gasteiger partial charge in [-0.2, -0.15) is 13.2 Å². The van der Waals surface area contributed by atoms with Gasteiger partial charge in [-0.05, 0) is 29.4 Å². The summed E-state index contributed by atoms with van der Waals surface area (Å²) in [6, 6.07) is 4.70. The second-order valence-electron chi connectivity index (χ2n) is 3.66. The molecule has 0 aliphatic carbocycles. The molecule has 1 aromatic rings. The molecule has 0 unspecified atom stereocenters. The molecule has 17 heavy (non-hydrogen) atoms. The minimum Gasteiger partial charge on any atom is -0.857 e. The zero-order chi connectivity index (χ0) is 12.5. The van der Waals surface area contributed by atoms with Crippen LogP contribution in [-0.2, 0) is 6.18 Å². The van der Waals surface area contributed by atoms with Crippen LogP contribution in [-0.4, -0.2) is 23.3 Å². The van der Waals surface area contributed by atoms with Crippen LogP contribution in [0.3, 0.4) is 0 Å². The molecule has 1 aliphatic rings. The smallest absolute Gasteiger partial charge is 0.416 e. The first-order valence-corrected chi connectivity index (χ1v) is 4.98. The Hall–Kier alpha value is -1.85. The summed E-state index contributed by atoms with van der Waals surface area (Å²) in [6.45, 7) is 0.472. The standard InChI is InChI=1S/C11H9F3N2O/c12-11(13,14)9-3-1-8(2-4-9)7-16-6-5-10(17)15-16/h1-4,7H,5-6H2/b16-7-. The van der Waals surface area contributed by atoms with Crippen molar-refractivity contribution in [3.8, 4) is 0 Å². The van der Waals surface area contributed by atoms with E-state index in [1.165, 1.54) is 16.8 Å². The van der Waals surface area contributed by atoms with Gasteiger partial charge in [0.2, 0.25) is 6.21 Å². The van der Waals surface area contributed by atoms with Gasteiger partial charge in [0.15, 0.2) is 6.54 Å². The van der Waals surface area contributed by atoms with Crippen LogP contribution >= 0.6 is 0 Å². The molecule has 3 nitrogen and oxygen atoms in total. The Balaban J connectivity index is 2.20. The second kappa shape index (κ2) is 4.20. The molecule has 1 heterocycles. The van der Waals surface area contributed by atoms with Gasteiger partial charge in [0.1, 0.15) is 0 Å². The topological polar surface area (TPSA) is 38.4 Å². The quantitative estimate of drug-likeness (QED) is 0.682. The van der Waals surface area contributed by atoms with Gasteiger partial charge in [-0.25, -0.2) is 0 Å². The lowest BCUT2D eigenvalue weighted by Crippen LogP contribution is -2.13. The first-order chi connectivity index (χ1) is 7.95. The fraction of sp³-hybridized carbons (Fsp3) is 0.273. The van der Waals surface area contributed by atoms with Crippen molar-refractivity contribution >= 4 is 12.1 Å². The minimum atomic E-state index is -4.33. The van der Waals surface area contributed by atoms with Crippen LogP contribution in [0.1, 0.15) is 17.5 Å². The SMILES string of the molecule is [O-]C1=N/[N+](=C\c2ccc(C(F)(F)F)cc2)CC1. The number of nitrogens with zero attached hydrogens (tertiary/aromatic N) is 2. The van der Waals surface area contributed by atoms with Crippen LogP contribution in [0.15, 0.2) is 29.4 Å². The Kier molecular flexibility index (Phi) is 2.87. The molecule has 90 valence electrons. The van der Waals surface area contributed by atoms with E-state index < -0.39 is 11.7 Å². The normalized spacial score (nSPS) is 18.5. The Bertz CT molecular complexity index is 474. The van der Waals surface area contributed by atoms with Crippen molar-refractivity contribution in [2.75, 3.05) is 6.54 Å². The van der Waals surface area contributed by atoms with Gasteiger partial charge in [0, 0.05) is 17.9 Å². The highest BCUT2D eigenvalue weighted by molar-refractivity contribution is 5.77. The molecule has 0 atom stereocenters. The van der Waals surface area contributed by atoms with Crippen LogP contribution in [0.4, 0.5) is 13.2 Å². The van der Waals surface area contributed by atoms with E-state index in [0.29, 0.717) is 18.5 Å². The molecule has 0 fully saturated rings. The van der Waals surface area contributed by atoms with Crippen molar-refractivity contribution in [3.63, 3.8) is 0 Å². The number of hydrogen-bond acceptors (Lipinski definition) is 2. The number of halogens is 3. The van der Waals surface area contributed by atoms with E-state index in [1.54, 1.807) is 6.21 Å². The number of alkyl halides is 3. The van der Waals surface area contributed by atoms with Crippen LogP contribution in [0.25, 0.3) is 0 Å². The van der Waals surface area contributed by atoms with Gasteiger partial charge in [-0.15, -0.1) is 0 Å². The number of hydrazone groups is 1. The minimum absolute atomic E-state index is 0.215. The summed E-state index contributed by atoms with van der Waals surface area (Å²) in [6.07, 6.45) is -2.44. The summed E-state index contributed by atoms with van der Waals surface area (Å²) in [5.41, 5.74) is -0.111.